The summed E-state index contributed by atoms with van der Waals surface area (Å²) in [6.45, 7) is 0. The quantitative estimate of drug-likeness (QED) is 0.179. The average Bonchev–Trinajstić information content (AvgIpc) is 4.05. The predicted octanol–water partition coefficient (Wildman–Crippen LogP) is 13.6. The van der Waals surface area contributed by atoms with Crippen molar-refractivity contribution >= 4 is 66.3 Å². The Morgan fingerprint density at radius 1 is 0.328 bits per heavy atom. The molecule has 2 aliphatic rings. The largest absolute Gasteiger partial charge is 0.309 e. The number of nitrogens with zero attached hydrogens (tertiary/aromatic N) is 5. The second-order valence-corrected chi connectivity index (χ2v) is 16.3. The fourth-order valence-corrected chi connectivity index (χ4v) is 11.0. The Morgan fingerprint density at radius 3 is 1.51 bits per heavy atom. The van der Waals surface area contributed by atoms with Crippen molar-refractivity contribution in [2.75, 3.05) is 4.90 Å². The summed E-state index contributed by atoms with van der Waals surface area (Å²) in [6.07, 6.45) is 0. The highest BCUT2D eigenvalue weighted by Gasteiger charge is 2.55. The van der Waals surface area contributed by atoms with Crippen LogP contribution in [0.5, 0.6) is 0 Å². The molecule has 284 valence electrons. The summed E-state index contributed by atoms with van der Waals surface area (Å²) in [5.41, 5.74) is 16.6. The Balaban J connectivity index is 1.14. The maximum Gasteiger partial charge on any atom is 0.217 e. The summed E-state index contributed by atoms with van der Waals surface area (Å²) >= 11 is 0. The average molecular weight is 778 g/mol. The Morgan fingerprint density at radius 2 is 0.852 bits per heavy atom. The van der Waals surface area contributed by atoms with Gasteiger partial charge in [0, 0.05) is 44.2 Å². The fourth-order valence-electron chi connectivity index (χ4n) is 11.0. The van der Waals surface area contributed by atoms with Gasteiger partial charge < -0.3 is 9.13 Å². The lowest BCUT2D eigenvalue weighted by Crippen LogP contribution is -2.48. The number of aromatic nitrogens is 4. The van der Waals surface area contributed by atoms with Gasteiger partial charge in [0.1, 0.15) is 5.54 Å². The third kappa shape index (κ3) is 4.17. The highest BCUT2D eigenvalue weighted by molar-refractivity contribution is 6.19. The van der Waals surface area contributed by atoms with Crippen LogP contribution in [0.25, 0.3) is 82.8 Å². The molecule has 5 nitrogen and oxygen atoms in total. The first kappa shape index (κ1) is 32.8. The normalized spacial score (nSPS) is 13.7. The summed E-state index contributed by atoms with van der Waals surface area (Å²) in [4.78, 5) is 8.00. The van der Waals surface area contributed by atoms with Gasteiger partial charge >= 0.3 is 0 Å². The van der Waals surface area contributed by atoms with Gasteiger partial charge in [-0.15, -0.1) is 0 Å². The van der Waals surface area contributed by atoms with Crippen molar-refractivity contribution in [1.29, 1.82) is 0 Å². The molecule has 5 heteroatoms. The highest BCUT2D eigenvalue weighted by atomic mass is 15.4. The van der Waals surface area contributed by atoms with Crippen molar-refractivity contribution in [2.24, 2.45) is 0 Å². The maximum absolute atomic E-state index is 5.49. The SMILES string of the molecule is c1ccc(N2c3nc4ccccc4n3-c3ccc(-n4c5ccccc5c5cc6c7ccccc7n(-c7ccccc7)c6cc54)cc3C23c2ccccc2-c2ccccc23)cc1. The predicted molar refractivity (Wildman–Crippen MR) is 250 cm³/mol. The third-order valence-electron chi connectivity index (χ3n) is 13.4. The number of rotatable bonds is 3. The Bertz CT molecular complexity index is 3730. The molecule has 0 saturated heterocycles. The van der Waals surface area contributed by atoms with E-state index in [1.807, 2.05) is 0 Å². The first-order chi connectivity index (χ1) is 30.3. The Labute approximate surface area is 351 Å². The molecular weight excluding hydrogens is 743 g/mol. The summed E-state index contributed by atoms with van der Waals surface area (Å²) in [6, 6.07) is 77.8. The zero-order chi connectivity index (χ0) is 39.8. The summed E-state index contributed by atoms with van der Waals surface area (Å²) in [7, 11) is 0. The number of hydrogen-bond acceptors (Lipinski definition) is 2. The lowest BCUT2D eigenvalue weighted by molar-refractivity contribution is 0.602. The third-order valence-corrected chi connectivity index (χ3v) is 13.4. The summed E-state index contributed by atoms with van der Waals surface area (Å²) in [5, 5.41) is 4.96. The van der Waals surface area contributed by atoms with E-state index in [1.165, 1.54) is 71.4 Å². The van der Waals surface area contributed by atoms with E-state index in [0.717, 1.165) is 39.7 Å². The van der Waals surface area contributed by atoms with Gasteiger partial charge in [0.05, 0.1) is 38.8 Å². The van der Waals surface area contributed by atoms with Crippen molar-refractivity contribution in [2.45, 2.75) is 5.54 Å². The van der Waals surface area contributed by atoms with Gasteiger partial charge in [-0.25, -0.2) is 4.98 Å². The van der Waals surface area contributed by atoms with Crippen LogP contribution in [-0.2, 0) is 5.54 Å². The summed E-state index contributed by atoms with van der Waals surface area (Å²) in [5.74, 6) is 0.896. The van der Waals surface area contributed by atoms with Crippen molar-refractivity contribution in [3.05, 3.63) is 229 Å². The van der Waals surface area contributed by atoms with E-state index >= 15 is 0 Å². The molecule has 1 aliphatic carbocycles. The van der Waals surface area contributed by atoms with Gasteiger partial charge in [0.25, 0.3) is 0 Å². The van der Waals surface area contributed by atoms with Gasteiger partial charge in [-0.1, -0.05) is 133 Å². The molecule has 0 fully saturated rings. The first-order valence-electron chi connectivity index (χ1n) is 21.0. The van der Waals surface area contributed by atoms with Gasteiger partial charge in [-0.2, -0.15) is 0 Å². The lowest BCUT2D eigenvalue weighted by Gasteiger charge is -2.48. The van der Waals surface area contributed by atoms with Crippen molar-refractivity contribution in [1.82, 2.24) is 18.7 Å². The van der Waals surface area contributed by atoms with E-state index < -0.39 is 5.54 Å². The fraction of sp³-hybridized carbons (Fsp3) is 0.0179. The monoisotopic (exact) mass is 777 g/mol. The molecule has 3 aromatic heterocycles. The van der Waals surface area contributed by atoms with Gasteiger partial charge in [0.15, 0.2) is 0 Å². The van der Waals surface area contributed by atoms with E-state index in [-0.39, 0.29) is 0 Å². The number of benzene rings is 9. The zero-order valence-corrected chi connectivity index (χ0v) is 32.9. The molecule has 0 amide bonds. The molecule has 1 spiro atoms. The number of imidazole rings is 1. The smallest absolute Gasteiger partial charge is 0.217 e. The van der Waals surface area contributed by atoms with Gasteiger partial charge in [-0.3, -0.25) is 9.47 Å². The van der Waals surface area contributed by atoms with Crippen LogP contribution < -0.4 is 4.90 Å². The molecule has 0 saturated carbocycles. The Hall–Kier alpha value is -8.15. The first-order valence-corrected chi connectivity index (χ1v) is 21.0. The lowest BCUT2D eigenvalue weighted by atomic mass is 9.76. The number of para-hydroxylation sites is 6. The number of anilines is 2. The molecule has 9 aromatic carbocycles. The minimum Gasteiger partial charge on any atom is -0.309 e. The van der Waals surface area contributed by atoms with Crippen molar-refractivity contribution < 1.29 is 0 Å². The van der Waals surface area contributed by atoms with E-state index in [4.69, 9.17) is 4.98 Å². The van der Waals surface area contributed by atoms with Crippen molar-refractivity contribution in [3.63, 3.8) is 0 Å². The molecule has 1 aliphatic heterocycles. The minimum absolute atomic E-state index is 0.747. The molecule has 0 N–H and O–H groups in total. The second kappa shape index (κ2) is 12.0. The van der Waals surface area contributed by atoms with Crippen LogP contribution in [-0.4, -0.2) is 18.7 Å². The van der Waals surface area contributed by atoms with E-state index in [9.17, 15) is 0 Å². The summed E-state index contributed by atoms with van der Waals surface area (Å²) < 4.78 is 7.29. The Kier molecular flexibility index (Phi) is 6.43. The van der Waals surface area contributed by atoms with Crippen molar-refractivity contribution in [3.8, 4) is 28.2 Å². The zero-order valence-electron chi connectivity index (χ0n) is 32.9. The van der Waals surface area contributed by atoms with Gasteiger partial charge in [0.2, 0.25) is 5.95 Å². The maximum atomic E-state index is 5.49. The molecule has 0 atom stereocenters. The topological polar surface area (TPSA) is 30.9 Å². The molecule has 4 heterocycles. The molecule has 0 unspecified atom stereocenters. The van der Waals surface area contributed by atoms with Gasteiger partial charge in [-0.05, 0) is 101 Å². The van der Waals surface area contributed by atoms with Crippen LogP contribution in [0.1, 0.15) is 16.7 Å². The van der Waals surface area contributed by atoms with Crippen LogP contribution in [0, 0.1) is 0 Å². The number of fused-ring (bicyclic) bond motifs is 17. The van der Waals surface area contributed by atoms with Crippen LogP contribution in [0.15, 0.2) is 212 Å². The van der Waals surface area contributed by atoms with Crippen LogP contribution in [0.4, 0.5) is 11.6 Å². The molecular formula is C56H35N5. The second-order valence-electron chi connectivity index (χ2n) is 16.3. The standard InChI is InChI=1S/C56H35N5/c1-3-17-36(18-4-1)58-49-28-14-9-23-41(49)43-34-44-42-24-10-15-29-50(42)59(54(44)35-53(43)58)38-31-32-51-47(33-38)56(45-25-11-7-21-39(45)40-22-8-12-26-46(40)56)61(37-19-5-2-6-20-37)55-57-48-27-13-16-30-52(48)60(51)55/h1-35H. The van der Waals surface area contributed by atoms with Crippen LogP contribution >= 0.6 is 0 Å². The highest BCUT2D eigenvalue weighted by Crippen LogP contribution is 2.61. The number of hydrogen-bond donors (Lipinski definition) is 0. The molecule has 61 heavy (non-hydrogen) atoms. The van der Waals surface area contributed by atoms with Crippen LogP contribution in [0.3, 0.4) is 0 Å². The van der Waals surface area contributed by atoms with E-state index in [1.54, 1.807) is 0 Å². The van der Waals surface area contributed by atoms with E-state index in [2.05, 4.69) is 231 Å². The molecule has 14 rings (SSSR count). The molecule has 12 aromatic rings. The minimum atomic E-state index is -0.747. The van der Waals surface area contributed by atoms with E-state index in [0.29, 0.717) is 0 Å². The van der Waals surface area contributed by atoms with Crippen LogP contribution in [0.2, 0.25) is 0 Å². The molecule has 0 bridgehead atoms. The molecule has 0 radical (unpaired) electrons.